The van der Waals surface area contributed by atoms with Crippen LogP contribution >= 0.6 is 11.6 Å². The second-order valence-electron chi connectivity index (χ2n) is 7.89. The molecule has 1 aliphatic carbocycles. The predicted octanol–water partition coefficient (Wildman–Crippen LogP) is 5.49. The average molecular weight is 430 g/mol. The fraction of sp³-hybridized carbons (Fsp3) is 0.304. The number of aromatic hydroxyl groups is 1. The lowest BCUT2D eigenvalue weighted by Gasteiger charge is -2.28. The van der Waals surface area contributed by atoms with Gasteiger partial charge in [-0.3, -0.25) is 14.2 Å². The molecule has 1 fully saturated rings. The average Bonchev–Trinajstić information content (AvgIpc) is 2.92. The van der Waals surface area contributed by atoms with Gasteiger partial charge in [0.15, 0.2) is 11.6 Å². The molecular formula is C23H21ClFNO4. The second-order valence-corrected chi connectivity index (χ2v) is 8.33. The van der Waals surface area contributed by atoms with Crippen molar-refractivity contribution in [3.63, 3.8) is 0 Å². The van der Waals surface area contributed by atoms with Gasteiger partial charge >= 0.3 is 5.97 Å². The number of fused-ring (bicyclic) bond motifs is 1. The molecule has 5 nitrogen and oxygen atoms in total. The summed E-state index contributed by atoms with van der Waals surface area (Å²) in [5.74, 6) is -3.40. The Hall–Kier alpha value is -2.86. The summed E-state index contributed by atoms with van der Waals surface area (Å²) in [5, 5.41) is 20.8. The maximum absolute atomic E-state index is 14.2. The Morgan fingerprint density at radius 3 is 2.47 bits per heavy atom. The van der Waals surface area contributed by atoms with Crippen molar-refractivity contribution in [2.45, 2.75) is 38.5 Å². The third kappa shape index (κ3) is 3.45. The van der Waals surface area contributed by atoms with E-state index in [4.69, 9.17) is 11.6 Å². The number of benzene rings is 2. The first kappa shape index (κ1) is 20.4. The zero-order chi connectivity index (χ0) is 21.6. The lowest BCUT2D eigenvalue weighted by molar-refractivity contribution is -0.139. The highest BCUT2D eigenvalue weighted by molar-refractivity contribution is 6.30. The van der Waals surface area contributed by atoms with Crippen molar-refractivity contribution in [2.75, 3.05) is 0 Å². The fourth-order valence-electron chi connectivity index (χ4n) is 4.28. The van der Waals surface area contributed by atoms with Crippen molar-refractivity contribution in [3.8, 4) is 5.75 Å². The fourth-order valence-corrected chi connectivity index (χ4v) is 4.40. The number of phenols is 1. The summed E-state index contributed by atoms with van der Waals surface area (Å²) in [6.45, 7) is 1.66. The molecule has 1 aromatic heterocycles. The molecular weight excluding hydrogens is 409 g/mol. The van der Waals surface area contributed by atoms with E-state index in [9.17, 15) is 24.2 Å². The first-order valence-corrected chi connectivity index (χ1v) is 10.2. The first-order chi connectivity index (χ1) is 14.3. The molecule has 3 aromatic rings. The zero-order valence-electron chi connectivity index (χ0n) is 16.4. The summed E-state index contributed by atoms with van der Waals surface area (Å²) in [7, 11) is 0. The number of nitrogens with zero attached hydrogens (tertiary/aromatic N) is 1. The SMILES string of the molecule is Cc1c([C@H](CC2CCC2)C(=O)O)c2cc(O)c(F)cc2n1C(=O)c1ccc(Cl)cc1. The minimum Gasteiger partial charge on any atom is -0.505 e. The molecule has 0 amide bonds. The Morgan fingerprint density at radius 1 is 1.23 bits per heavy atom. The molecule has 0 spiro atoms. The van der Waals surface area contributed by atoms with Crippen LogP contribution < -0.4 is 0 Å². The minimum absolute atomic E-state index is 0.234. The smallest absolute Gasteiger partial charge is 0.311 e. The van der Waals surface area contributed by atoms with E-state index >= 15 is 0 Å². The third-order valence-electron chi connectivity index (χ3n) is 6.06. The van der Waals surface area contributed by atoms with Crippen LogP contribution in [0.1, 0.15) is 53.2 Å². The zero-order valence-corrected chi connectivity index (χ0v) is 17.1. The molecule has 1 aliphatic rings. The van der Waals surface area contributed by atoms with Crippen LogP contribution in [0.15, 0.2) is 36.4 Å². The highest BCUT2D eigenvalue weighted by Gasteiger charge is 2.33. The predicted molar refractivity (Wildman–Crippen MR) is 112 cm³/mol. The Labute approximate surface area is 177 Å². The number of carbonyl (C=O) groups is 2. The molecule has 1 heterocycles. The number of aromatic nitrogens is 1. The van der Waals surface area contributed by atoms with Gasteiger partial charge in [0.2, 0.25) is 0 Å². The Bertz CT molecular complexity index is 1150. The summed E-state index contributed by atoms with van der Waals surface area (Å²) in [4.78, 5) is 25.4. The van der Waals surface area contributed by atoms with Crippen LogP contribution in [0.5, 0.6) is 5.75 Å². The maximum Gasteiger partial charge on any atom is 0.311 e. The topological polar surface area (TPSA) is 79.5 Å². The van der Waals surface area contributed by atoms with Crippen LogP contribution in [-0.2, 0) is 4.79 Å². The monoisotopic (exact) mass is 429 g/mol. The molecule has 0 radical (unpaired) electrons. The number of phenolic OH excluding ortho intramolecular Hbond substituents is 1. The van der Waals surface area contributed by atoms with E-state index in [2.05, 4.69) is 0 Å². The van der Waals surface area contributed by atoms with Crippen molar-refractivity contribution in [1.29, 1.82) is 0 Å². The Balaban J connectivity index is 1.93. The van der Waals surface area contributed by atoms with Crippen molar-refractivity contribution in [1.82, 2.24) is 4.57 Å². The van der Waals surface area contributed by atoms with Gasteiger partial charge in [0.1, 0.15) is 0 Å². The van der Waals surface area contributed by atoms with Crippen molar-refractivity contribution in [2.24, 2.45) is 5.92 Å². The van der Waals surface area contributed by atoms with Crippen LogP contribution in [0.4, 0.5) is 4.39 Å². The molecule has 7 heteroatoms. The summed E-state index contributed by atoms with van der Waals surface area (Å²) in [6, 6.07) is 8.59. The van der Waals surface area contributed by atoms with Crippen LogP contribution in [-0.4, -0.2) is 26.7 Å². The number of hydrogen-bond donors (Lipinski definition) is 2. The van der Waals surface area contributed by atoms with Gasteiger partial charge in [-0.2, -0.15) is 0 Å². The standard InChI is InChI=1S/C23H21ClFNO4/c1-12-21(17(23(29)30)9-13-3-2-4-13)16-10-20(27)18(25)11-19(16)26(12)22(28)14-5-7-15(24)8-6-14/h5-8,10-11,13,17,27H,2-4,9H2,1H3,(H,29,30)/t17-/m0/s1. The quantitative estimate of drug-likeness (QED) is 0.561. The molecule has 0 bridgehead atoms. The van der Waals surface area contributed by atoms with Crippen LogP contribution in [0.2, 0.25) is 5.02 Å². The van der Waals surface area contributed by atoms with E-state index in [1.165, 1.54) is 10.6 Å². The number of rotatable bonds is 5. The van der Waals surface area contributed by atoms with Crippen LogP contribution in [0.25, 0.3) is 10.9 Å². The summed E-state index contributed by atoms with van der Waals surface area (Å²) in [5.41, 5.74) is 1.45. The number of carboxylic acids is 1. The second kappa shape index (κ2) is 7.76. The number of hydrogen-bond acceptors (Lipinski definition) is 3. The lowest BCUT2D eigenvalue weighted by Crippen LogP contribution is -2.21. The number of carboxylic acid groups (broad SMARTS) is 1. The van der Waals surface area contributed by atoms with Crippen LogP contribution in [0.3, 0.4) is 0 Å². The molecule has 0 unspecified atom stereocenters. The van der Waals surface area contributed by atoms with Crippen LogP contribution in [0, 0.1) is 18.7 Å². The normalized spacial score (nSPS) is 15.2. The summed E-state index contributed by atoms with van der Waals surface area (Å²) >= 11 is 5.91. The summed E-state index contributed by atoms with van der Waals surface area (Å²) in [6.07, 6.45) is 3.48. The number of aliphatic carboxylic acids is 1. The van der Waals surface area contributed by atoms with E-state index in [1.54, 1.807) is 31.2 Å². The Kier molecular flexibility index (Phi) is 5.28. The highest BCUT2D eigenvalue weighted by atomic mass is 35.5. The maximum atomic E-state index is 14.2. The largest absolute Gasteiger partial charge is 0.505 e. The Morgan fingerprint density at radius 2 is 1.90 bits per heavy atom. The molecule has 156 valence electrons. The van der Waals surface area contributed by atoms with E-state index < -0.39 is 29.4 Å². The van der Waals surface area contributed by atoms with E-state index in [1.807, 2.05) is 0 Å². The molecule has 0 aliphatic heterocycles. The van der Waals surface area contributed by atoms with Gasteiger partial charge in [-0.15, -0.1) is 0 Å². The number of halogens is 2. The van der Waals surface area contributed by atoms with Gasteiger partial charge in [0.25, 0.3) is 5.91 Å². The van der Waals surface area contributed by atoms with Gasteiger partial charge in [0, 0.05) is 27.7 Å². The van der Waals surface area contributed by atoms with Gasteiger partial charge in [-0.05, 0) is 55.2 Å². The third-order valence-corrected chi connectivity index (χ3v) is 6.31. The molecule has 0 saturated heterocycles. The van der Waals surface area contributed by atoms with E-state index in [0.29, 0.717) is 39.6 Å². The first-order valence-electron chi connectivity index (χ1n) is 9.84. The van der Waals surface area contributed by atoms with Gasteiger partial charge < -0.3 is 10.2 Å². The van der Waals surface area contributed by atoms with E-state index in [0.717, 1.165) is 25.3 Å². The molecule has 1 saturated carbocycles. The minimum atomic E-state index is -0.994. The summed E-state index contributed by atoms with van der Waals surface area (Å²) < 4.78 is 15.5. The molecule has 2 aromatic carbocycles. The molecule has 2 N–H and O–H groups in total. The van der Waals surface area contributed by atoms with Crippen molar-refractivity contribution < 1.29 is 24.2 Å². The number of carbonyl (C=O) groups excluding carboxylic acids is 1. The molecule has 1 atom stereocenters. The van der Waals surface area contributed by atoms with Gasteiger partial charge in [-0.1, -0.05) is 30.9 Å². The van der Waals surface area contributed by atoms with Crippen molar-refractivity contribution in [3.05, 3.63) is 64.1 Å². The van der Waals surface area contributed by atoms with Crippen molar-refractivity contribution >= 4 is 34.4 Å². The highest BCUT2D eigenvalue weighted by Crippen LogP contribution is 2.41. The molecule has 30 heavy (non-hydrogen) atoms. The van der Waals surface area contributed by atoms with Gasteiger partial charge in [0.05, 0.1) is 11.4 Å². The lowest BCUT2D eigenvalue weighted by atomic mass is 9.77. The molecule has 4 rings (SSSR count). The van der Waals surface area contributed by atoms with E-state index in [-0.39, 0.29) is 5.52 Å². The van der Waals surface area contributed by atoms with Gasteiger partial charge in [-0.25, -0.2) is 4.39 Å².